The molecule has 1 aliphatic heterocycles. The van der Waals surface area contributed by atoms with Crippen molar-refractivity contribution in [3.05, 3.63) is 33.8 Å². The standard InChI is InChI=1S/C13H18BrNO/c1-10-7-12(14)5-4-11(10)8-15-6-2-3-13(16)9-15/h4-5,7,13,16H,2-3,6,8-9H2,1H3. The summed E-state index contributed by atoms with van der Waals surface area (Å²) in [5.41, 5.74) is 2.67. The number of piperidine rings is 1. The molecule has 1 aromatic carbocycles. The van der Waals surface area contributed by atoms with Crippen LogP contribution in [0.5, 0.6) is 0 Å². The van der Waals surface area contributed by atoms with Crippen LogP contribution < -0.4 is 0 Å². The zero-order valence-electron chi connectivity index (χ0n) is 9.62. The molecule has 16 heavy (non-hydrogen) atoms. The molecule has 1 fully saturated rings. The largest absolute Gasteiger partial charge is 0.392 e. The SMILES string of the molecule is Cc1cc(Br)ccc1CN1CCCC(O)C1. The molecule has 0 aromatic heterocycles. The molecule has 1 aromatic rings. The fourth-order valence-electron chi connectivity index (χ4n) is 2.25. The van der Waals surface area contributed by atoms with Gasteiger partial charge in [-0.3, -0.25) is 4.90 Å². The van der Waals surface area contributed by atoms with Gasteiger partial charge in [-0.2, -0.15) is 0 Å². The predicted molar refractivity (Wildman–Crippen MR) is 69.4 cm³/mol. The number of halogens is 1. The third kappa shape index (κ3) is 3.06. The van der Waals surface area contributed by atoms with Crippen molar-refractivity contribution in [2.75, 3.05) is 13.1 Å². The van der Waals surface area contributed by atoms with Gasteiger partial charge < -0.3 is 5.11 Å². The fourth-order valence-corrected chi connectivity index (χ4v) is 2.73. The lowest BCUT2D eigenvalue weighted by atomic mass is 10.0. The van der Waals surface area contributed by atoms with Crippen molar-refractivity contribution in [3.8, 4) is 0 Å². The second-order valence-electron chi connectivity index (χ2n) is 4.60. The molecule has 0 aliphatic carbocycles. The lowest BCUT2D eigenvalue weighted by Crippen LogP contribution is -2.37. The minimum atomic E-state index is -0.135. The minimum absolute atomic E-state index is 0.135. The van der Waals surface area contributed by atoms with Crippen LogP contribution in [0.4, 0.5) is 0 Å². The highest BCUT2D eigenvalue weighted by Crippen LogP contribution is 2.19. The first-order chi connectivity index (χ1) is 7.65. The van der Waals surface area contributed by atoms with Gasteiger partial charge >= 0.3 is 0 Å². The molecule has 88 valence electrons. The van der Waals surface area contributed by atoms with Gasteiger partial charge in [0.05, 0.1) is 6.10 Å². The average Bonchev–Trinajstić information content (AvgIpc) is 2.22. The minimum Gasteiger partial charge on any atom is -0.392 e. The van der Waals surface area contributed by atoms with E-state index in [9.17, 15) is 5.11 Å². The Morgan fingerprint density at radius 3 is 3.00 bits per heavy atom. The first kappa shape index (κ1) is 12.1. The summed E-state index contributed by atoms with van der Waals surface area (Å²) in [6, 6.07) is 6.40. The fraction of sp³-hybridized carbons (Fsp3) is 0.538. The van der Waals surface area contributed by atoms with Crippen molar-refractivity contribution in [1.82, 2.24) is 4.90 Å². The molecule has 1 heterocycles. The Kier molecular flexibility index (Phi) is 4.00. The van der Waals surface area contributed by atoms with Gasteiger partial charge in [-0.05, 0) is 49.6 Å². The highest BCUT2D eigenvalue weighted by Gasteiger charge is 2.17. The zero-order valence-corrected chi connectivity index (χ0v) is 11.2. The van der Waals surface area contributed by atoms with Crippen LogP contribution in [0.1, 0.15) is 24.0 Å². The van der Waals surface area contributed by atoms with Crippen LogP contribution in [0.15, 0.2) is 22.7 Å². The number of nitrogens with zero attached hydrogens (tertiary/aromatic N) is 1. The molecule has 1 atom stereocenters. The Morgan fingerprint density at radius 1 is 1.50 bits per heavy atom. The molecule has 0 bridgehead atoms. The molecule has 1 unspecified atom stereocenters. The summed E-state index contributed by atoms with van der Waals surface area (Å²) in [6.07, 6.45) is 1.93. The normalized spacial score (nSPS) is 22.3. The summed E-state index contributed by atoms with van der Waals surface area (Å²) in [7, 11) is 0. The van der Waals surface area contributed by atoms with E-state index in [1.54, 1.807) is 0 Å². The van der Waals surface area contributed by atoms with Gasteiger partial charge in [-0.15, -0.1) is 0 Å². The van der Waals surface area contributed by atoms with E-state index in [2.05, 4.69) is 46.0 Å². The average molecular weight is 284 g/mol. The van der Waals surface area contributed by atoms with Gasteiger partial charge in [0.2, 0.25) is 0 Å². The molecule has 0 amide bonds. The Balaban J connectivity index is 2.02. The predicted octanol–water partition coefficient (Wildman–Crippen LogP) is 2.71. The van der Waals surface area contributed by atoms with Crippen molar-refractivity contribution in [2.45, 2.75) is 32.4 Å². The summed E-state index contributed by atoms with van der Waals surface area (Å²) < 4.78 is 1.13. The number of aliphatic hydroxyl groups is 1. The van der Waals surface area contributed by atoms with Crippen molar-refractivity contribution in [3.63, 3.8) is 0 Å². The molecule has 0 spiro atoms. The molecule has 1 saturated heterocycles. The summed E-state index contributed by atoms with van der Waals surface area (Å²) in [4.78, 5) is 2.34. The smallest absolute Gasteiger partial charge is 0.0667 e. The topological polar surface area (TPSA) is 23.5 Å². The van der Waals surface area contributed by atoms with Crippen molar-refractivity contribution in [2.24, 2.45) is 0 Å². The molecule has 1 N–H and O–H groups in total. The molecule has 2 nitrogen and oxygen atoms in total. The number of hydrogen-bond donors (Lipinski definition) is 1. The van der Waals surface area contributed by atoms with Crippen molar-refractivity contribution in [1.29, 1.82) is 0 Å². The van der Waals surface area contributed by atoms with Crippen molar-refractivity contribution >= 4 is 15.9 Å². The summed E-state index contributed by atoms with van der Waals surface area (Å²) in [6.45, 7) is 5.01. The molecule has 2 rings (SSSR count). The maximum Gasteiger partial charge on any atom is 0.0667 e. The van der Waals surface area contributed by atoms with E-state index in [1.165, 1.54) is 11.1 Å². The number of benzene rings is 1. The van der Waals surface area contributed by atoms with E-state index in [-0.39, 0.29) is 6.10 Å². The number of β-amino-alcohol motifs (C(OH)–C–C–N with tert-alkyl or cyclic N) is 1. The lowest BCUT2D eigenvalue weighted by Gasteiger charge is -2.30. The first-order valence-corrected chi connectivity index (χ1v) is 6.60. The van der Waals surface area contributed by atoms with Crippen LogP contribution >= 0.6 is 15.9 Å². The van der Waals surface area contributed by atoms with E-state index in [0.717, 1.165) is 36.9 Å². The molecule has 1 aliphatic rings. The second kappa shape index (κ2) is 5.30. The molecule has 3 heteroatoms. The van der Waals surface area contributed by atoms with Gasteiger partial charge in [-0.25, -0.2) is 0 Å². The number of aliphatic hydroxyl groups excluding tert-OH is 1. The summed E-state index contributed by atoms with van der Waals surface area (Å²) in [5.74, 6) is 0. The third-order valence-corrected chi connectivity index (χ3v) is 3.67. The number of aryl methyl sites for hydroxylation is 1. The van der Waals surface area contributed by atoms with E-state index in [0.29, 0.717) is 0 Å². The molecular formula is C13H18BrNO. The Hall–Kier alpha value is -0.380. The lowest BCUT2D eigenvalue weighted by molar-refractivity contribution is 0.0667. The van der Waals surface area contributed by atoms with Crippen LogP contribution in [-0.2, 0) is 6.54 Å². The van der Waals surface area contributed by atoms with Crippen LogP contribution in [0, 0.1) is 6.92 Å². The van der Waals surface area contributed by atoms with E-state index in [4.69, 9.17) is 0 Å². The van der Waals surface area contributed by atoms with Gasteiger partial charge in [0, 0.05) is 17.6 Å². The number of likely N-dealkylation sites (tertiary alicyclic amines) is 1. The van der Waals surface area contributed by atoms with Gasteiger partial charge in [-0.1, -0.05) is 22.0 Å². The van der Waals surface area contributed by atoms with Gasteiger partial charge in [0.25, 0.3) is 0 Å². The van der Waals surface area contributed by atoms with Crippen LogP contribution in [0.2, 0.25) is 0 Å². The van der Waals surface area contributed by atoms with Gasteiger partial charge in [0.15, 0.2) is 0 Å². The van der Waals surface area contributed by atoms with E-state index >= 15 is 0 Å². The first-order valence-electron chi connectivity index (χ1n) is 5.80. The zero-order chi connectivity index (χ0) is 11.5. The van der Waals surface area contributed by atoms with Crippen LogP contribution in [-0.4, -0.2) is 29.2 Å². The summed E-state index contributed by atoms with van der Waals surface area (Å²) >= 11 is 3.48. The van der Waals surface area contributed by atoms with Crippen LogP contribution in [0.25, 0.3) is 0 Å². The quantitative estimate of drug-likeness (QED) is 0.902. The molecule has 0 radical (unpaired) electrons. The summed E-state index contributed by atoms with van der Waals surface area (Å²) in [5, 5.41) is 9.62. The van der Waals surface area contributed by atoms with Crippen LogP contribution in [0.3, 0.4) is 0 Å². The maximum atomic E-state index is 9.62. The monoisotopic (exact) mass is 283 g/mol. The highest BCUT2D eigenvalue weighted by atomic mass is 79.9. The highest BCUT2D eigenvalue weighted by molar-refractivity contribution is 9.10. The number of rotatable bonds is 2. The second-order valence-corrected chi connectivity index (χ2v) is 5.52. The van der Waals surface area contributed by atoms with E-state index in [1.807, 2.05) is 0 Å². The molecular weight excluding hydrogens is 266 g/mol. The third-order valence-electron chi connectivity index (χ3n) is 3.18. The Bertz CT molecular complexity index is 367. The maximum absolute atomic E-state index is 9.62. The molecule has 0 saturated carbocycles. The Morgan fingerprint density at radius 2 is 2.31 bits per heavy atom. The number of hydrogen-bond acceptors (Lipinski definition) is 2. The van der Waals surface area contributed by atoms with E-state index < -0.39 is 0 Å². The van der Waals surface area contributed by atoms with Gasteiger partial charge in [0.1, 0.15) is 0 Å². The van der Waals surface area contributed by atoms with Crippen molar-refractivity contribution < 1.29 is 5.11 Å². The Labute approximate surface area is 105 Å².